The van der Waals surface area contributed by atoms with Crippen LogP contribution in [0.1, 0.15) is 43.6 Å². The lowest BCUT2D eigenvalue weighted by molar-refractivity contribution is 0.0978. The van der Waals surface area contributed by atoms with E-state index in [0.717, 1.165) is 10.9 Å². The van der Waals surface area contributed by atoms with Crippen LogP contribution in [0, 0.1) is 5.92 Å². The number of nitrogens with zero attached hydrogens (tertiary/aromatic N) is 2. The number of aliphatic imine (C=N–C) groups is 1. The molecule has 0 radical (unpaired) electrons. The molecule has 5 heteroatoms. The van der Waals surface area contributed by atoms with E-state index in [-0.39, 0.29) is 17.3 Å². The van der Waals surface area contributed by atoms with Crippen LogP contribution in [0.25, 0.3) is 10.9 Å². The predicted molar refractivity (Wildman–Crippen MR) is 115 cm³/mol. The Morgan fingerprint density at radius 2 is 1.82 bits per heavy atom. The molecule has 3 N–H and O–H groups in total. The Hall–Kier alpha value is -3.21. The van der Waals surface area contributed by atoms with Crippen LogP contribution in [0.4, 0.5) is 5.69 Å². The summed E-state index contributed by atoms with van der Waals surface area (Å²) < 4.78 is 0. The molecule has 0 unspecified atom stereocenters. The number of hydrogen-bond donors (Lipinski definition) is 2. The second-order valence-corrected chi connectivity index (χ2v) is 7.75. The van der Waals surface area contributed by atoms with Gasteiger partial charge in [-0.2, -0.15) is 0 Å². The summed E-state index contributed by atoms with van der Waals surface area (Å²) >= 11 is 0. The minimum absolute atomic E-state index is 0.0148. The molecule has 0 atom stereocenters. The van der Waals surface area contributed by atoms with Gasteiger partial charge in [0.25, 0.3) is 5.91 Å². The number of para-hydroxylation sites is 1. The van der Waals surface area contributed by atoms with E-state index in [0.29, 0.717) is 17.2 Å². The van der Waals surface area contributed by atoms with Crippen molar-refractivity contribution >= 4 is 28.5 Å². The van der Waals surface area contributed by atoms with Gasteiger partial charge in [0.05, 0.1) is 16.8 Å². The van der Waals surface area contributed by atoms with Gasteiger partial charge in [-0.3, -0.25) is 15.1 Å². The third-order valence-corrected chi connectivity index (χ3v) is 5.42. The lowest BCUT2D eigenvalue weighted by atomic mass is 9.75. The summed E-state index contributed by atoms with van der Waals surface area (Å²) in [6.45, 7) is 8.85. The molecular formula is C23H26N4O. The van der Waals surface area contributed by atoms with Crippen molar-refractivity contribution < 1.29 is 4.79 Å². The van der Waals surface area contributed by atoms with Crippen molar-refractivity contribution in [2.24, 2.45) is 16.6 Å². The fraction of sp³-hybridized carbons (Fsp3) is 0.261. The molecule has 0 aliphatic rings. The van der Waals surface area contributed by atoms with E-state index >= 15 is 0 Å². The van der Waals surface area contributed by atoms with E-state index in [2.05, 4.69) is 55.1 Å². The molecule has 1 aromatic heterocycles. The van der Waals surface area contributed by atoms with Gasteiger partial charge in [0.1, 0.15) is 0 Å². The number of carbonyl (C=O) groups excluding carboxylic acids is 1. The summed E-state index contributed by atoms with van der Waals surface area (Å²) in [4.78, 5) is 21.4. The molecule has 2 aromatic carbocycles. The number of rotatable bonds is 4. The molecule has 0 saturated carbocycles. The maximum absolute atomic E-state index is 12.7. The summed E-state index contributed by atoms with van der Waals surface area (Å²) in [6.07, 6.45) is 1.65. The van der Waals surface area contributed by atoms with E-state index in [9.17, 15) is 4.79 Å². The first-order valence-electron chi connectivity index (χ1n) is 9.39. The van der Waals surface area contributed by atoms with Crippen LogP contribution in [-0.4, -0.2) is 16.9 Å². The maximum atomic E-state index is 12.7. The Bertz CT molecular complexity index is 1020. The molecule has 0 spiro atoms. The lowest BCUT2D eigenvalue weighted by Crippen LogP contribution is -2.36. The molecule has 1 amide bonds. The van der Waals surface area contributed by atoms with Crippen molar-refractivity contribution in [3.05, 3.63) is 71.9 Å². The average Bonchev–Trinajstić information content (AvgIpc) is 2.67. The zero-order chi connectivity index (χ0) is 20.3. The van der Waals surface area contributed by atoms with Crippen molar-refractivity contribution in [1.29, 1.82) is 0 Å². The minimum Gasteiger partial charge on any atom is -0.369 e. The van der Waals surface area contributed by atoms with E-state index in [1.807, 2.05) is 36.4 Å². The molecule has 0 aliphatic carbocycles. The first-order chi connectivity index (χ1) is 13.3. The van der Waals surface area contributed by atoms with Gasteiger partial charge < -0.3 is 5.73 Å². The van der Waals surface area contributed by atoms with Gasteiger partial charge in [0.2, 0.25) is 5.96 Å². The van der Waals surface area contributed by atoms with Crippen molar-refractivity contribution in [2.45, 2.75) is 33.1 Å². The summed E-state index contributed by atoms with van der Waals surface area (Å²) in [7, 11) is 0. The van der Waals surface area contributed by atoms with E-state index in [1.165, 1.54) is 5.56 Å². The van der Waals surface area contributed by atoms with Crippen molar-refractivity contribution in [2.75, 3.05) is 0 Å². The number of guanidine groups is 1. The number of amides is 1. The second kappa shape index (κ2) is 7.80. The molecule has 0 fully saturated rings. The van der Waals surface area contributed by atoms with Crippen LogP contribution in [0.5, 0.6) is 0 Å². The van der Waals surface area contributed by atoms with Crippen molar-refractivity contribution in [3.63, 3.8) is 0 Å². The molecule has 3 rings (SSSR count). The van der Waals surface area contributed by atoms with Crippen LogP contribution in [0.3, 0.4) is 0 Å². The van der Waals surface area contributed by atoms with E-state index < -0.39 is 0 Å². The summed E-state index contributed by atoms with van der Waals surface area (Å²) in [5, 5.41) is 3.45. The number of fused-ring (bicyclic) bond motifs is 1. The smallest absolute Gasteiger partial charge is 0.258 e. The van der Waals surface area contributed by atoms with Gasteiger partial charge in [0, 0.05) is 11.6 Å². The predicted octanol–water partition coefficient (Wildman–Crippen LogP) is 4.54. The minimum atomic E-state index is -0.305. The number of nitrogens with two attached hydrogens (primary N) is 1. The Morgan fingerprint density at radius 3 is 2.50 bits per heavy atom. The highest BCUT2D eigenvalue weighted by atomic mass is 16.1. The number of carbonyl (C=O) groups is 1. The van der Waals surface area contributed by atoms with Gasteiger partial charge >= 0.3 is 0 Å². The summed E-state index contributed by atoms with van der Waals surface area (Å²) in [5.74, 6) is 0.226. The lowest BCUT2D eigenvalue weighted by Gasteiger charge is -2.30. The molecule has 1 heterocycles. The van der Waals surface area contributed by atoms with E-state index in [4.69, 9.17) is 5.73 Å². The van der Waals surface area contributed by atoms with Crippen molar-refractivity contribution in [3.8, 4) is 0 Å². The number of nitrogens with one attached hydrogen (secondary N) is 1. The zero-order valence-electron chi connectivity index (χ0n) is 16.7. The molecule has 5 nitrogen and oxygen atoms in total. The van der Waals surface area contributed by atoms with Crippen LogP contribution >= 0.6 is 0 Å². The van der Waals surface area contributed by atoms with Gasteiger partial charge in [0.15, 0.2) is 0 Å². The summed E-state index contributed by atoms with van der Waals surface area (Å²) in [6, 6.07) is 17.0. The van der Waals surface area contributed by atoms with Gasteiger partial charge in [-0.25, -0.2) is 4.99 Å². The van der Waals surface area contributed by atoms with Gasteiger partial charge in [-0.05, 0) is 41.2 Å². The number of aromatic nitrogens is 1. The molecule has 144 valence electrons. The molecular weight excluding hydrogens is 348 g/mol. The fourth-order valence-electron chi connectivity index (χ4n) is 2.93. The Balaban J connectivity index is 1.91. The van der Waals surface area contributed by atoms with Crippen LogP contribution in [-0.2, 0) is 5.41 Å². The number of pyridine rings is 1. The van der Waals surface area contributed by atoms with Crippen molar-refractivity contribution in [1.82, 2.24) is 10.3 Å². The van der Waals surface area contributed by atoms with Crippen LogP contribution in [0.15, 0.2) is 65.8 Å². The monoisotopic (exact) mass is 374 g/mol. The highest BCUT2D eigenvalue weighted by molar-refractivity contribution is 6.12. The largest absolute Gasteiger partial charge is 0.369 e. The van der Waals surface area contributed by atoms with E-state index in [1.54, 1.807) is 12.3 Å². The fourth-order valence-corrected chi connectivity index (χ4v) is 2.93. The SMILES string of the molecule is CC(C)C(C)(C)c1ccc2c(C(=O)NC(N)=Nc3ccccc3)ccnc2c1. The Morgan fingerprint density at radius 1 is 1.11 bits per heavy atom. The summed E-state index contributed by atoms with van der Waals surface area (Å²) in [5.41, 5.74) is 9.11. The Kier molecular flexibility index (Phi) is 5.45. The molecule has 0 bridgehead atoms. The third-order valence-electron chi connectivity index (χ3n) is 5.42. The maximum Gasteiger partial charge on any atom is 0.258 e. The van der Waals surface area contributed by atoms with Gasteiger partial charge in [-0.15, -0.1) is 0 Å². The highest BCUT2D eigenvalue weighted by Crippen LogP contribution is 2.33. The molecule has 0 aliphatic heterocycles. The van der Waals surface area contributed by atoms with Crippen LogP contribution in [0.2, 0.25) is 0 Å². The van der Waals surface area contributed by atoms with Gasteiger partial charge in [-0.1, -0.05) is 58.0 Å². The molecule has 28 heavy (non-hydrogen) atoms. The zero-order valence-corrected chi connectivity index (χ0v) is 16.7. The Labute approximate surface area is 165 Å². The second-order valence-electron chi connectivity index (χ2n) is 7.75. The topological polar surface area (TPSA) is 80.4 Å². The first kappa shape index (κ1) is 19.5. The molecule has 3 aromatic rings. The normalized spacial score (nSPS) is 12.4. The third kappa shape index (κ3) is 4.03. The molecule has 0 saturated heterocycles. The average molecular weight is 374 g/mol. The first-order valence-corrected chi connectivity index (χ1v) is 9.39. The number of hydrogen-bond acceptors (Lipinski definition) is 3. The van der Waals surface area contributed by atoms with Crippen LogP contribution < -0.4 is 11.1 Å². The standard InChI is InChI=1S/C23H26N4O/c1-15(2)23(3,4)16-10-11-18-19(12-13-25-20(18)14-16)21(28)27-22(24)26-17-8-6-5-7-9-17/h5-15H,1-4H3,(H3,24,26,27,28). The highest BCUT2D eigenvalue weighted by Gasteiger charge is 2.25. The quantitative estimate of drug-likeness (QED) is 0.519. The number of benzene rings is 2.